The average Bonchev–Trinajstić information content (AvgIpc) is 2.15. The summed E-state index contributed by atoms with van der Waals surface area (Å²) in [4.78, 5) is 14.8. The minimum Gasteiger partial charge on any atom is -0.464 e. The van der Waals surface area contributed by atoms with Crippen LogP contribution in [-0.2, 0) is 19.1 Å². The fourth-order valence-electron chi connectivity index (χ4n) is 0.677. The molecular formula is C8H14F3NO4. The van der Waals surface area contributed by atoms with Gasteiger partial charge in [0.2, 0.25) is 0 Å². The second-order valence-electron chi connectivity index (χ2n) is 2.66. The lowest BCUT2D eigenvalue weighted by atomic mass is 10.7. The van der Waals surface area contributed by atoms with Crippen molar-refractivity contribution in [2.45, 2.75) is 13.1 Å². The lowest BCUT2D eigenvalue weighted by Gasteiger charge is -2.08. The number of rotatable bonds is 8. The predicted octanol–water partition coefficient (Wildman–Crippen LogP) is 0.650. The van der Waals surface area contributed by atoms with Crippen LogP contribution >= 0.6 is 0 Å². The first-order valence-corrected chi connectivity index (χ1v) is 4.60. The SMILES string of the molecule is CCOC(=O)COCCNOCC(F)(F)F. The van der Waals surface area contributed by atoms with E-state index in [1.165, 1.54) is 0 Å². The van der Waals surface area contributed by atoms with Crippen LogP contribution in [-0.4, -0.2) is 45.1 Å². The largest absolute Gasteiger partial charge is 0.464 e. The monoisotopic (exact) mass is 245 g/mol. The highest BCUT2D eigenvalue weighted by Gasteiger charge is 2.27. The topological polar surface area (TPSA) is 56.8 Å². The maximum absolute atomic E-state index is 11.6. The van der Waals surface area contributed by atoms with Crippen molar-refractivity contribution in [3.63, 3.8) is 0 Å². The van der Waals surface area contributed by atoms with Crippen molar-refractivity contribution in [3.8, 4) is 0 Å². The first-order valence-electron chi connectivity index (χ1n) is 4.60. The fraction of sp³-hybridized carbons (Fsp3) is 0.875. The molecule has 0 aromatic carbocycles. The number of hydrogen-bond acceptors (Lipinski definition) is 5. The molecule has 0 saturated carbocycles. The highest BCUT2D eigenvalue weighted by Crippen LogP contribution is 2.13. The Morgan fingerprint density at radius 2 is 2.06 bits per heavy atom. The molecule has 0 amide bonds. The van der Waals surface area contributed by atoms with E-state index in [0.717, 1.165) is 0 Å². The zero-order chi connectivity index (χ0) is 12.4. The lowest BCUT2D eigenvalue weighted by Crippen LogP contribution is -2.27. The summed E-state index contributed by atoms with van der Waals surface area (Å²) in [5.41, 5.74) is 2.05. The van der Waals surface area contributed by atoms with E-state index in [1.54, 1.807) is 6.92 Å². The molecular weight excluding hydrogens is 231 g/mol. The highest BCUT2D eigenvalue weighted by molar-refractivity contribution is 5.70. The van der Waals surface area contributed by atoms with Crippen molar-refractivity contribution >= 4 is 5.97 Å². The lowest BCUT2D eigenvalue weighted by molar-refractivity contribution is -0.190. The zero-order valence-corrected chi connectivity index (χ0v) is 8.80. The number of nitrogens with one attached hydrogen (secondary N) is 1. The molecule has 8 heteroatoms. The molecule has 1 N–H and O–H groups in total. The van der Waals surface area contributed by atoms with Crippen LogP contribution in [0.4, 0.5) is 13.2 Å². The van der Waals surface area contributed by atoms with Crippen LogP contribution in [0.5, 0.6) is 0 Å². The molecule has 0 aromatic rings. The maximum atomic E-state index is 11.6. The molecule has 0 heterocycles. The van der Waals surface area contributed by atoms with Crippen molar-refractivity contribution in [1.82, 2.24) is 5.48 Å². The van der Waals surface area contributed by atoms with Crippen LogP contribution in [0.3, 0.4) is 0 Å². The van der Waals surface area contributed by atoms with Gasteiger partial charge in [0.25, 0.3) is 0 Å². The third kappa shape index (κ3) is 11.2. The molecule has 0 aliphatic heterocycles. The van der Waals surface area contributed by atoms with Crippen molar-refractivity contribution in [2.24, 2.45) is 0 Å². The summed E-state index contributed by atoms with van der Waals surface area (Å²) in [6, 6.07) is 0. The van der Waals surface area contributed by atoms with Gasteiger partial charge in [-0.2, -0.15) is 18.7 Å². The summed E-state index contributed by atoms with van der Waals surface area (Å²) in [6.07, 6.45) is -4.36. The minimum absolute atomic E-state index is 0.0511. The van der Waals surface area contributed by atoms with Crippen molar-refractivity contribution in [1.29, 1.82) is 0 Å². The minimum atomic E-state index is -4.36. The molecule has 0 unspecified atom stereocenters. The van der Waals surface area contributed by atoms with Crippen molar-refractivity contribution in [3.05, 3.63) is 0 Å². The van der Waals surface area contributed by atoms with Gasteiger partial charge in [0.1, 0.15) is 6.61 Å². The number of hydrogen-bond donors (Lipinski definition) is 1. The van der Waals surface area contributed by atoms with Crippen molar-refractivity contribution < 1.29 is 32.3 Å². The Morgan fingerprint density at radius 3 is 2.62 bits per heavy atom. The smallest absolute Gasteiger partial charge is 0.413 e. The van der Waals surface area contributed by atoms with E-state index >= 15 is 0 Å². The molecule has 0 aromatic heterocycles. The summed E-state index contributed by atoms with van der Waals surface area (Å²) in [5.74, 6) is -0.515. The second kappa shape index (κ2) is 8.31. The van der Waals surface area contributed by atoms with Gasteiger partial charge in [-0.3, -0.25) is 4.84 Å². The molecule has 0 bridgehead atoms. The number of ether oxygens (including phenoxy) is 2. The second-order valence-corrected chi connectivity index (χ2v) is 2.66. The van der Waals surface area contributed by atoms with Gasteiger partial charge >= 0.3 is 12.1 Å². The molecule has 0 saturated heterocycles. The summed E-state index contributed by atoms with van der Waals surface area (Å²) < 4.78 is 44.0. The van der Waals surface area contributed by atoms with Crippen LogP contribution < -0.4 is 5.48 Å². The molecule has 0 fully saturated rings. The van der Waals surface area contributed by atoms with Gasteiger partial charge < -0.3 is 9.47 Å². The van der Waals surface area contributed by atoms with Gasteiger partial charge in [0.05, 0.1) is 13.2 Å². The molecule has 0 aliphatic carbocycles. The summed E-state index contributed by atoms with van der Waals surface area (Å²) in [7, 11) is 0. The zero-order valence-electron chi connectivity index (χ0n) is 8.80. The van der Waals surface area contributed by atoms with Crippen LogP contribution in [0.15, 0.2) is 0 Å². The van der Waals surface area contributed by atoms with Gasteiger partial charge in [0, 0.05) is 6.54 Å². The van der Waals surface area contributed by atoms with E-state index < -0.39 is 18.8 Å². The summed E-state index contributed by atoms with van der Waals surface area (Å²) in [6.45, 7) is 0.422. The normalized spacial score (nSPS) is 11.5. The van der Waals surface area contributed by atoms with Gasteiger partial charge in [0.15, 0.2) is 6.61 Å². The van der Waals surface area contributed by atoms with Gasteiger partial charge in [-0.25, -0.2) is 4.79 Å². The predicted molar refractivity (Wildman–Crippen MR) is 47.5 cm³/mol. The van der Waals surface area contributed by atoms with Gasteiger partial charge in [-0.05, 0) is 6.92 Å². The van der Waals surface area contributed by atoms with Gasteiger partial charge in [-0.1, -0.05) is 0 Å². The third-order valence-electron chi connectivity index (χ3n) is 1.21. The Balaban J connectivity index is 3.19. The van der Waals surface area contributed by atoms with Crippen LogP contribution in [0.1, 0.15) is 6.92 Å². The van der Waals surface area contributed by atoms with E-state index in [4.69, 9.17) is 4.74 Å². The molecule has 0 aliphatic rings. The van der Waals surface area contributed by atoms with E-state index in [2.05, 4.69) is 15.1 Å². The molecule has 0 spiro atoms. The fourth-order valence-corrected chi connectivity index (χ4v) is 0.677. The molecule has 0 rings (SSSR count). The molecule has 5 nitrogen and oxygen atoms in total. The van der Waals surface area contributed by atoms with Crippen molar-refractivity contribution in [2.75, 3.05) is 33.0 Å². The number of alkyl halides is 3. The Morgan fingerprint density at radius 1 is 1.38 bits per heavy atom. The summed E-state index contributed by atoms with van der Waals surface area (Å²) in [5, 5.41) is 0. The van der Waals surface area contributed by atoms with Gasteiger partial charge in [-0.15, -0.1) is 0 Å². The number of carbonyl (C=O) groups excluding carboxylic acids is 1. The maximum Gasteiger partial charge on any atom is 0.413 e. The van der Waals surface area contributed by atoms with Crippen LogP contribution in [0.25, 0.3) is 0 Å². The standard InChI is InChI=1S/C8H14F3NO4/c1-2-15-7(13)5-14-4-3-12-16-6-8(9,10)11/h12H,2-6H2,1H3. The number of esters is 1. The first-order chi connectivity index (χ1) is 7.45. The Kier molecular flexibility index (Phi) is 7.86. The molecule has 0 radical (unpaired) electrons. The summed E-state index contributed by atoms with van der Waals surface area (Å²) >= 11 is 0. The third-order valence-corrected chi connectivity index (χ3v) is 1.21. The van der Waals surface area contributed by atoms with E-state index in [-0.39, 0.29) is 26.4 Å². The first kappa shape index (κ1) is 15.1. The van der Waals surface area contributed by atoms with E-state index in [0.29, 0.717) is 0 Å². The van der Waals surface area contributed by atoms with E-state index in [1.807, 2.05) is 0 Å². The molecule has 96 valence electrons. The number of halogens is 3. The Bertz CT molecular complexity index is 198. The van der Waals surface area contributed by atoms with Crippen LogP contribution in [0, 0.1) is 0 Å². The molecule has 0 atom stereocenters. The van der Waals surface area contributed by atoms with Crippen LogP contribution in [0.2, 0.25) is 0 Å². The Hall–Kier alpha value is -0.860. The Labute approximate surface area is 90.8 Å². The average molecular weight is 245 g/mol. The van der Waals surface area contributed by atoms with E-state index in [9.17, 15) is 18.0 Å². The number of carbonyl (C=O) groups is 1. The number of hydroxylamine groups is 1. The molecule has 16 heavy (non-hydrogen) atoms. The highest BCUT2D eigenvalue weighted by atomic mass is 19.4. The quantitative estimate of drug-likeness (QED) is 0.386.